The molecule has 0 saturated carbocycles. The van der Waals surface area contributed by atoms with Gasteiger partial charge in [-0.1, -0.05) is 19.9 Å². The summed E-state index contributed by atoms with van der Waals surface area (Å²) in [5.74, 6) is 0. The Balaban J connectivity index is 2.36. The predicted octanol–water partition coefficient (Wildman–Crippen LogP) is 1.57. The number of fused-ring (bicyclic) bond motifs is 1. The van der Waals surface area contributed by atoms with Crippen LogP contribution in [-0.4, -0.2) is 22.3 Å². The first kappa shape index (κ1) is 13.8. The molecule has 0 amide bonds. The van der Waals surface area contributed by atoms with Crippen LogP contribution in [0, 0.1) is 0 Å². The van der Waals surface area contributed by atoms with Crippen molar-refractivity contribution in [1.29, 1.82) is 0 Å². The normalized spacial score (nSPS) is 13.1. The molecule has 0 bridgehead atoms. The van der Waals surface area contributed by atoms with Crippen LogP contribution in [0.4, 0.5) is 0 Å². The average molecular weight is 260 g/mol. The monoisotopic (exact) mass is 260 g/mol. The van der Waals surface area contributed by atoms with E-state index in [9.17, 15) is 9.90 Å². The molecule has 0 aliphatic rings. The number of hydrogen-bond acceptors (Lipinski definition) is 3. The summed E-state index contributed by atoms with van der Waals surface area (Å²) in [6.07, 6.45) is 1.15. The molecule has 2 aromatic rings. The highest BCUT2D eigenvalue weighted by atomic mass is 16.3. The zero-order valence-corrected chi connectivity index (χ0v) is 11.6. The maximum absolute atomic E-state index is 11.9. The van der Waals surface area contributed by atoms with Gasteiger partial charge in [0, 0.05) is 37.3 Å². The zero-order valence-electron chi connectivity index (χ0n) is 11.6. The third kappa shape index (κ3) is 3.03. The Bertz CT molecular complexity index is 632. The quantitative estimate of drug-likeness (QED) is 0.877. The second kappa shape index (κ2) is 5.55. The molecule has 0 radical (unpaired) electrons. The van der Waals surface area contributed by atoms with E-state index in [2.05, 4.69) is 5.32 Å². The van der Waals surface area contributed by atoms with Gasteiger partial charge in [0.25, 0.3) is 0 Å². The average Bonchev–Trinajstić information content (AvgIpc) is 2.40. The van der Waals surface area contributed by atoms with Gasteiger partial charge < -0.3 is 15.0 Å². The van der Waals surface area contributed by atoms with Gasteiger partial charge in [-0.3, -0.25) is 4.79 Å². The van der Waals surface area contributed by atoms with Gasteiger partial charge in [-0.25, -0.2) is 0 Å². The highest BCUT2D eigenvalue weighted by molar-refractivity contribution is 5.79. The summed E-state index contributed by atoms with van der Waals surface area (Å²) in [4.78, 5) is 11.9. The standard InChI is InChI=1S/C15H20N2O2/c1-10(2)16-9-15(19)11-4-5-13-12(8-11)14(18)6-7-17(13)3/h4-8,10,15-16,19H,9H2,1-3H3. The van der Waals surface area contributed by atoms with Gasteiger partial charge in [-0.15, -0.1) is 0 Å². The Morgan fingerprint density at radius 2 is 2.05 bits per heavy atom. The summed E-state index contributed by atoms with van der Waals surface area (Å²) in [6, 6.07) is 7.40. The summed E-state index contributed by atoms with van der Waals surface area (Å²) in [5, 5.41) is 13.9. The molecule has 2 N–H and O–H groups in total. The minimum absolute atomic E-state index is 0.0148. The third-order valence-corrected chi connectivity index (χ3v) is 3.22. The Morgan fingerprint density at radius 1 is 1.32 bits per heavy atom. The van der Waals surface area contributed by atoms with Crippen LogP contribution in [0.25, 0.3) is 10.9 Å². The Labute approximate surface area is 112 Å². The van der Waals surface area contributed by atoms with Crippen molar-refractivity contribution >= 4 is 10.9 Å². The van der Waals surface area contributed by atoms with Crippen LogP contribution in [0.1, 0.15) is 25.5 Å². The molecule has 2 rings (SSSR count). The lowest BCUT2D eigenvalue weighted by molar-refractivity contribution is 0.172. The molecule has 102 valence electrons. The Morgan fingerprint density at radius 3 is 2.74 bits per heavy atom. The molecule has 1 aromatic carbocycles. The summed E-state index contributed by atoms with van der Waals surface area (Å²) >= 11 is 0. The van der Waals surface area contributed by atoms with Crippen LogP contribution in [0.15, 0.2) is 35.3 Å². The number of hydrogen-bond donors (Lipinski definition) is 2. The molecule has 1 atom stereocenters. The number of aryl methyl sites for hydroxylation is 1. The number of nitrogens with zero attached hydrogens (tertiary/aromatic N) is 1. The van der Waals surface area contributed by atoms with Gasteiger partial charge in [0.05, 0.1) is 11.6 Å². The van der Waals surface area contributed by atoms with E-state index in [0.717, 1.165) is 11.1 Å². The number of aliphatic hydroxyl groups is 1. The molecular formula is C15H20N2O2. The fraction of sp³-hybridized carbons (Fsp3) is 0.400. The van der Waals surface area contributed by atoms with E-state index in [1.165, 1.54) is 0 Å². The minimum Gasteiger partial charge on any atom is -0.387 e. The van der Waals surface area contributed by atoms with Crippen molar-refractivity contribution in [2.24, 2.45) is 7.05 Å². The molecule has 0 spiro atoms. The van der Waals surface area contributed by atoms with Gasteiger partial charge >= 0.3 is 0 Å². The maximum atomic E-state index is 11.9. The number of benzene rings is 1. The van der Waals surface area contributed by atoms with Crippen molar-refractivity contribution in [2.75, 3.05) is 6.54 Å². The van der Waals surface area contributed by atoms with Crippen molar-refractivity contribution in [2.45, 2.75) is 26.0 Å². The molecule has 4 nitrogen and oxygen atoms in total. The fourth-order valence-corrected chi connectivity index (χ4v) is 2.08. The van der Waals surface area contributed by atoms with Crippen molar-refractivity contribution in [3.05, 3.63) is 46.2 Å². The lowest BCUT2D eigenvalue weighted by Gasteiger charge is -2.15. The number of nitrogens with one attached hydrogen (secondary N) is 1. The summed E-state index contributed by atoms with van der Waals surface area (Å²) in [5.41, 5.74) is 1.63. The van der Waals surface area contributed by atoms with Crippen molar-refractivity contribution in [1.82, 2.24) is 9.88 Å². The number of aliphatic hydroxyl groups excluding tert-OH is 1. The molecule has 4 heteroatoms. The molecule has 0 saturated heterocycles. The topological polar surface area (TPSA) is 54.3 Å². The molecule has 19 heavy (non-hydrogen) atoms. The van der Waals surface area contributed by atoms with Gasteiger partial charge in [0.2, 0.25) is 0 Å². The second-order valence-corrected chi connectivity index (χ2v) is 5.15. The van der Waals surface area contributed by atoms with E-state index in [-0.39, 0.29) is 5.43 Å². The van der Waals surface area contributed by atoms with Gasteiger partial charge in [0.15, 0.2) is 5.43 Å². The number of pyridine rings is 1. The van der Waals surface area contributed by atoms with E-state index in [4.69, 9.17) is 0 Å². The van der Waals surface area contributed by atoms with Crippen LogP contribution in [0.2, 0.25) is 0 Å². The van der Waals surface area contributed by atoms with E-state index >= 15 is 0 Å². The van der Waals surface area contributed by atoms with Gasteiger partial charge in [0.1, 0.15) is 0 Å². The van der Waals surface area contributed by atoms with E-state index in [1.807, 2.05) is 37.6 Å². The zero-order chi connectivity index (χ0) is 14.0. The summed E-state index contributed by atoms with van der Waals surface area (Å²) in [7, 11) is 1.90. The van der Waals surface area contributed by atoms with E-state index in [0.29, 0.717) is 18.0 Å². The Hall–Kier alpha value is -1.65. The van der Waals surface area contributed by atoms with Crippen LogP contribution in [0.5, 0.6) is 0 Å². The molecule has 0 aliphatic carbocycles. The first-order chi connectivity index (χ1) is 8.99. The molecule has 0 fully saturated rings. The SMILES string of the molecule is CC(C)NCC(O)c1ccc2c(c1)c(=O)ccn2C. The molecule has 0 aliphatic heterocycles. The van der Waals surface area contributed by atoms with E-state index < -0.39 is 6.10 Å². The van der Waals surface area contributed by atoms with Crippen molar-refractivity contribution in [3.8, 4) is 0 Å². The first-order valence-corrected chi connectivity index (χ1v) is 6.50. The lowest BCUT2D eigenvalue weighted by Crippen LogP contribution is -2.27. The highest BCUT2D eigenvalue weighted by Gasteiger charge is 2.10. The smallest absolute Gasteiger partial charge is 0.189 e. The van der Waals surface area contributed by atoms with E-state index in [1.54, 1.807) is 18.3 Å². The van der Waals surface area contributed by atoms with Crippen LogP contribution in [0.3, 0.4) is 0 Å². The minimum atomic E-state index is -0.600. The van der Waals surface area contributed by atoms with Crippen molar-refractivity contribution in [3.63, 3.8) is 0 Å². The van der Waals surface area contributed by atoms with Gasteiger partial charge in [-0.05, 0) is 17.7 Å². The summed E-state index contributed by atoms with van der Waals surface area (Å²) < 4.78 is 1.90. The Kier molecular flexibility index (Phi) is 4.02. The number of rotatable bonds is 4. The van der Waals surface area contributed by atoms with Crippen LogP contribution < -0.4 is 10.7 Å². The third-order valence-electron chi connectivity index (χ3n) is 3.22. The maximum Gasteiger partial charge on any atom is 0.189 e. The first-order valence-electron chi connectivity index (χ1n) is 6.50. The van der Waals surface area contributed by atoms with Crippen molar-refractivity contribution < 1.29 is 5.11 Å². The van der Waals surface area contributed by atoms with Crippen LogP contribution in [-0.2, 0) is 7.05 Å². The second-order valence-electron chi connectivity index (χ2n) is 5.15. The number of aromatic nitrogens is 1. The molecule has 1 unspecified atom stereocenters. The van der Waals surface area contributed by atoms with Gasteiger partial charge in [-0.2, -0.15) is 0 Å². The fourth-order valence-electron chi connectivity index (χ4n) is 2.08. The lowest BCUT2D eigenvalue weighted by atomic mass is 10.1. The molecular weight excluding hydrogens is 240 g/mol. The van der Waals surface area contributed by atoms with Crippen LogP contribution >= 0.6 is 0 Å². The highest BCUT2D eigenvalue weighted by Crippen LogP contribution is 2.17. The molecule has 1 aromatic heterocycles. The summed E-state index contributed by atoms with van der Waals surface area (Å²) in [6.45, 7) is 4.54. The largest absolute Gasteiger partial charge is 0.387 e. The predicted molar refractivity (Wildman–Crippen MR) is 77.3 cm³/mol. The molecule has 1 heterocycles.